The second kappa shape index (κ2) is 9.74. The van der Waals surface area contributed by atoms with Gasteiger partial charge in [0.15, 0.2) is 0 Å². The van der Waals surface area contributed by atoms with E-state index in [1.807, 2.05) is 12.1 Å². The van der Waals surface area contributed by atoms with Gasteiger partial charge in [-0.2, -0.15) is 0 Å². The molecule has 1 N–H and O–H groups in total. The Morgan fingerprint density at radius 3 is 2.21 bits per heavy atom. The Balaban J connectivity index is 1.49. The number of hydrogen-bond acceptors (Lipinski definition) is 4. The molecule has 34 heavy (non-hydrogen) atoms. The van der Waals surface area contributed by atoms with E-state index in [-0.39, 0.29) is 29.0 Å². The molecule has 2 aliphatic rings. The lowest BCUT2D eigenvalue weighted by Crippen LogP contribution is -2.36. The van der Waals surface area contributed by atoms with Crippen LogP contribution in [0.2, 0.25) is 0 Å². The highest BCUT2D eigenvalue weighted by atomic mass is 32.2. The maximum atomic E-state index is 13.3. The zero-order chi connectivity index (χ0) is 24.5. The van der Waals surface area contributed by atoms with E-state index in [4.69, 9.17) is 0 Å². The van der Waals surface area contributed by atoms with Gasteiger partial charge in [0.2, 0.25) is 0 Å². The quantitative estimate of drug-likeness (QED) is 0.632. The lowest BCUT2D eigenvalue weighted by atomic mass is 9.95. The first-order chi connectivity index (χ1) is 16.2. The Bertz CT molecular complexity index is 1210. The first-order valence-electron chi connectivity index (χ1n) is 12.0. The van der Waals surface area contributed by atoms with Crippen molar-refractivity contribution in [2.24, 2.45) is 0 Å². The van der Waals surface area contributed by atoms with Crippen molar-refractivity contribution in [3.05, 3.63) is 76.4 Å². The van der Waals surface area contributed by atoms with E-state index < -0.39 is 15.9 Å². The summed E-state index contributed by atoms with van der Waals surface area (Å²) in [6.45, 7) is 5.63. The van der Waals surface area contributed by atoms with Gasteiger partial charge in [0.25, 0.3) is 21.8 Å². The number of carbonyl (C=O) groups is 2. The summed E-state index contributed by atoms with van der Waals surface area (Å²) < 4.78 is 27.6. The molecule has 0 unspecified atom stereocenters. The minimum absolute atomic E-state index is 0.0660. The largest absolute Gasteiger partial charge is 0.349 e. The van der Waals surface area contributed by atoms with Crippen molar-refractivity contribution in [1.82, 2.24) is 9.62 Å². The standard InChI is InChI=1S/C27H32N2O4S/c1-18(2)21-13-15-22(16-14-21)25-19(3)27(31)29(34(25,32)33)17-20-9-11-23(12-10-20)26(30)28-24-7-5-4-6-8-24/h9-16,18,24H,4-8,17H2,1-3H3,(H,28,30). The van der Waals surface area contributed by atoms with Crippen molar-refractivity contribution in [2.75, 3.05) is 0 Å². The molecule has 1 saturated carbocycles. The van der Waals surface area contributed by atoms with Gasteiger partial charge in [-0.25, -0.2) is 12.7 Å². The molecule has 0 saturated heterocycles. The van der Waals surface area contributed by atoms with Crippen LogP contribution < -0.4 is 5.32 Å². The summed E-state index contributed by atoms with van der Waals surface area (Å²) >= 11 is 0. The highest BCUT2D eigenvalue weighted by molar-refractivity contribution is 7.99. The number of benzene rings is 2. The van der Waals surface area contributed by atoms with E-state index in [0.29, 0.717) is 22.6 Å². The van der Waals surface area contributed by atoms with Crippen molar-refractivity contribution < 1.29 is 18.0 Å². The monoisotopic (exact) mass is 480 g/mol. The molecule has 1 heterocycles. The van der Waals surface area contributed by atoms with Crippen LogP contribution >= 0.6 is 0 Å². The molecule has 1 aliphatic carbocycles. The Morgan fingerprint density at radius 1 is 1.00 bits per heavy atom. The second-order valence-corrected chi connectivity index (χ2v) is 11.4. The molecular formula is C27H32N2O4S. The van der Waals surface area contributed by atoms with Crippen molar-refractivity contribution >= 4 is 26.7 Å². The first-order valence-corrected chi connectivity index (χ1v) is 13.4. The first kappa shape index (κ1) is 24.2. The molecule has 180 valence electrons. The minimum atomic E-state index is -3.97. The zero-order valence-corrected chi connectivity index (χ0v) is 20.8. The minimum Gasteiger partial charge on any atom is -0.349 e. The second-order valence-electron chi connectivity index (χ2n) is 9.55. The van der Waals surface area contributed by atoms with Gasteiger partial charge >= 0.3 is 0 Å². The van der Waals surface area contributed by atoms with Crippen LogP contribution in [0.1, 0.15) is 85.8 Å². The van der Waals surface area contributed by atoms with Gasteiger partial charge in [-0.3, -0.25) is 9.59 Å². The summed E-state index contributed by atoms with van der Waals surface area (Å²) in [6.07, 6.45) is 5.51. The van der Waals surface area contributed by atoms with E-state index >= 15 is 0 Å². The number of carbonyl (C=O) groups excluding carboxylic acids is 2. The van der Waals surface area contributed by atoms with Gasteiger partial charge < -0.3 is 5.32 Å². The average molecular weight is 481 g/mol. The number of amides is 2. The highest BCUT2D eigenvalue weighted by Gasteiger charge is 2.42. The molecule has 2 aromatic carbocycles. The molecule has 0 aromatic heterocycles. The molecule has 2 aromatic rings. The summed E-state index contributed by atoms with van der Waals surface area (Å²) in [7, 11) is -3.97. The number of hydrogen-bond donors (Lipinski definition) is 1. The van der Waals surface area contributed by atoms with Crippen molar-refractivity contribution in [3.8, 4) is 0 Å². The molecule has 4 rings (SSSR count). The third kappa shape index (κ3) is 4.80. The van der Waals surface area contributed by atoms with Crippen LogP contribution in [0, 0.1) is 0 Å². The average Bonchev–Trinajstić information content (AvgIpc) is 2.99. The highest BCUT2D eigenvalue weighted by Crippen LogP contribution is 2.36. The summed E-state index contributed by atoms with van der Waals surface area (Å²) in [5.74, 6) is -0.301. The number of nitrogens with zero attached hydrogens (tertiary/aromatic N) is 1. The van der Waals surface area contributed by atoms with Crippen LogP contribution in [0.15, 0.2) is 54.1 Å². The fraction of sp³-hybridized carbons (Fsp3) is 0.407. The molecule has 0 spiro atoms. The van der Waals surface area contributed by atoms with Crippen molar-refractivity contribution in [3.63, 3.8) is 0 Å². The lowest BCUT2D eigenvalue weighted by Gasteiger charge is -2.22. The molecule has 1 aliphatic heterocycles. The third-order valence-electron chi connectivity index (χ3n) is 6.76. The Kier molecular flexibility index (Phi) is 6.94. The van der Waals surface area contributed by atoms with Gasteiger partial charge in [-0.05, 0) is 54.5 Å². The summed E-state index contributed by atoms with van der Waals surface area (Å²) in [5, 5.41) is 3.08. The van der Waals surface area contributed by atoms with Gasteiger partial charge in [-0.1, -0.05) is 69.5 Å². The third-order valence-corrected chi connectivity index (χ3v) is 8.69. The van der Waals surface area contributed by atoms with Crippen LogP contribution in [0.5, 0.6) is 0 Å². The fourth-order valence-corrected chi connectivity index (χ4v) is 6.48. The normalized spacial score (nSPS) is 18.6. The van der Waals surface area contributed by atoms with Gasteiger partial charge in [0, 0.05) is 17.2 Å². The molecule has 6 nitrogen and oxygen atoms in total. The summed E-state index contributed by atoms with van der Waals surface area (Å²) in [4.78, 5) is 25.5. The van der Waals surface area contributed by atoms with E-state index in [2.05, 4.69) is 19.2 Å². The van der Waals surface area contributed by atoms with E-state index in [9.17, 15) is 18.0 Å². The Hall–Kier alpha value is -2.93. The van der Waals surface area contributed by atoms with Gasteiger partial charge in [0.05, 0.1) is 6.54 Å². The van der Waals surface area contributed by atoms with Crippen LogP contribution in [0.4, 0.5) is 0 Å². The van der Waals surface area contributed by atoms with Crippen LogP contribution in [0.3, 0.4) is 0 Å². The zero-order valence-electron chi connectivity index (χ0n) is 20.0. The Labute approximate surface area is 202 Å². The summed E-state index contributed by atoms with van der Waals surface area (Å²) in [6, 6.07) is 14.4. The van der Waals surface area contributed by atoms with Crippen molar-refractivity contribution in [2.45, 2.75) is 71.4 Å². The van der Waals surface area contributed by atoms with Crippen LogP contribution in [-0.2, 0) is 21.4 Å². The molecule has 0 atom stereocenters. The smallest absolute Gasteiger partial charge is 0.268 e. The van der Waals surface area contributed by atoms with Crippen LogP contribution in [0.25, 0.3) is 4.91 Å². The van der Waals surface area contributed by atoms with E-state index in [1.165, 1.54) is 6.42 Å². The maximum Gasteiger partial charge on any atom is 0.268 e. The SMILES string of the molecule is CC1=C(c2ccc(C(C)C)cc2)S(=O)(=O)N(Cc2ccc(C(=O)NC3CCCCC3)cc2)C1=O. The number of nitrogens with one attached hydrogen (secondary N) is 1. The molecule has 0 radical (unpaired) electrons. The van der Waals surface area contributed by atoms with E-state index in [1.54, 1.807) is 43.3 Å². The summed E-state index contributed by atoms with van der Waals surface area (Å²) in [5.41, 5.74) is 3.03. The van der Waals surface area contributed by atoms with Crippen molar-refractivity contribution in [1.29, 1.82) is 0 Å². The predicted octanol–water partition coefficient (Wildman–Crippen LogP) is 4.98. The molecule has 0 bridgehead atoms. The van der Waals surface area contributed by atoms with Gasteiger partial charge in [-0.15, -0.1) is 0 Å². The van der Waals surface area contributed by atoms with Crippen LogP contribution in [-0.4, -0.2) is 30.6 Å². The maximum absolute atomic E-state index is 13.3. The van der Waals surface area contributed by atoms with Gasteiger partial charge in [0.1, 0.15) is 4.91 Å². The Morgan fingerprint density at radius 2 is 1.62 bits per heavy atom. The molecular weight excluding hydrogens is 448 g/mol. The number of rotatable bonds is 6. The number of sulfonamides is 1. The topological polar surface area (TPSA) is 83.6 Å². The molecule has 2 amide bonds. The van der Waals surface area contributed by atoms with E-state index in [0.717, 1.165) is 35.6 Å². The molecule has 1 fully saturated rings. The molecule has 7 heteroatoms. The lowest BCUT2D eigenvalue weighted by molar-refractivity contribution is -0.122. The fourth-order valence-electron chi connectivity index (χ4n) is 4.68. The predicted molar refractivity (Wildman–Crippen MR) is 133 cm³/mol.